The van der Waals surface area contributed by atoms with Crippen molar-refractivity contribution in [3.05, 3.63) is 100 Å². The van der Waals surface area contributed by atoms with Crippen molar-refractivity contribution >= 4 is 5.69 Å². The number of aryl methyl sites for hydroxylation is 1. The molecule has 0 amide bonds. The van der Waals surface area contributed by atoms with E-state index in [1.807, 2.05) is 26.2 Å². The Balaban J connectivity index is 1.96. The van der Waals surface area contributed by atoms with Crippen molar-refractivity contribution in [2.45, 2.75) is 25.3 Å². The molecule has 2 atom stereocenters. The molecule has 3 rings (SSSR count). The first-order chi connectivity index (χ1) is 13.1. The summed E-state index contributed by atoms with van der Waals surface area (Å²) in [5.74, 6) is 0.0951. The van der Waals surface area contributed by atoms with Gasteiger partial charge in [0.25, 0.3) is 0 Å². The van der Waals surface area contributed by atoms with Crippen LogP contribution in [0.1, 0.15) is 40.6 Å². The van der Waals surface area contributed by atoms with Crippen LogP contribution in [0.15, 0.2) is 78.2 Å². The minimum absolute atomic E-state index is 0.0951. The third-order valence-corrected chi connectivity index (χ3v) is 4.97. The van der Waals surface area contributed by atoms with Crippen molar-refractivity contribution < 1.29 is 0 Å². The van der Waals surface area contributed by atoms with Crippen LogP contribution in [-0.2, 0) is 0 Å². The van der Waals surface area contributed by atoms with Crippen molar-refractivity contribution in [1.82, 2.24) is 4.98 Å². The van der Waals surface area contributed by atoms with Crippen molar-refractivity contribution in [2.75, 3.05) is 19.0 Å². The highest BCUT2D eigenvalue weighted by atomic mass is 16.3. The Hall–Kier alpha value is -3.01. The van der Waals surface area contributed by atoms with Gasteiger partial charge in [0.1, 0.15) is 6.04 Å². The predicted octanol–water partition coefficient (Wildman–Crippen LogP) is 5.49. The lowest BCUT2D eigenvalue weighted by Crippen LogP contribution is -2.10. The van der Waals surface area contributed by atoms with E-state index >= 15 is 0 Å². The summed E-state index contributed by atoms with van der Waals surface area (Å²) in [4.78, 5) is 17.7. The molecule has 1 aromatic heterocycles. The van der Waals surface area contributed by atoms with Gasteiger partial charge in [-0.15, -0.1) is 0 Å². The summed E-state index contributed by atoms with van der Waals surface area (Å²) in [7, 11) is 4.06. The lowest BCUT2D eigenvalue weighted by Gasteiger charge is -2.22. The molecule has 138 valence electrons. The SMILES string of the molecule is Cc1ccc([C@H](CC(N=O)c2ccncc2)c2ccc(N(C)C)cc2)cc1. The zero-order valence-corrected chi connectivity index (χ0v) is 16.0. The molecule has 0 N–H and O–H groups in total. The molecule has 0 saturated carbocycles. The molecule has 0 saturated heterocycles. The highest BCUT2D eigenvalue weighted by molar-refractivity contribution is 5.48. The largest absolute Gasteiger partial charge is 0.378 e. The molecule has 1 unspecified atom stereocenters. The Bertz CT molecular complexity index is 858. The quantitative estimate of drug-likeness (QED) is 0.524. The van der Waals surface area contributed by atoms with Crippen molar-refractivity contribution in [1.29, 1.82) is 0 Å². The monoisotopic (exact) mass is 359 g/mol. The Morgan fingerprint density at radius 2 is 1.41 bits per heavy atom. The van der Waals surface area contributed by atoms with Crippen LogP contribution in [0.5, 0.6) is 0 Å². The van der Waals surface area contributed by atoms with Gasteiger partial charge in [0.2, 0.25) is 0 Å². The number of rotatable bonds is 7. The van der Waals surface area contributed by atoms with E-state index < -0.39 is 6.04 Å². The number of hydrogen-bond donors (Lipinski definition) is 0. The molecule has 1 heterocycles. The highest BCUT2D eigenvalue weighted by Gasteiger charge is 2.22. The molecular formula is C23H25N3O. The van der Waals surface area contributed by atoms with Crippen LogP contribution in [-0.4, -0.2) is 19.1 Å². The first-order valence-corrected chi connectivity index (χ1v) is 9.14. The van der Waals surface area contributed by atoms with Gasteiger partial charge in [0, 0.05) is 38.1 Å². The van der Waals surface area contributed by atoms with E-state index in [2.05, 4.69) is 70.5 Å². The number of anilines is 1. The number of aromatic nitrogens is 1. The summed E-state index contributed by atoms with van der Waals surface area (Å²) < 4.78 is 0. The summed E-state index contributed by atoms with van der Waals surface area (Å²) in [6.07, 6.45) is 4.04. The van der Waals surface area contributed by atoms with Crippen molar-refractivity contribution in [3.63, 3.8) is 0 Å². The van der Waals surface area contributed by atoms with E-state index in [0.29, 0.717) is 6.42 Å². The Labute approximate surface area is 160 Å². The predicted molar refractivity (Wildman–Crippen MR) is 111 cm³/mol. The molecule has 0 spiro atoms. The lowest BCUT2D eigenvalue weighted by molar-refractivity contribution is 0.594. The Morgan fingerprint density at radius 3 is 1.93 bits per heavy atom. The fourth-order valence-electron chi connectivity index (χ4n) is 3.32. The van der Waals surface area contributed by atoms with Crippen molar-refractivity contribution in [2.24, 2.45) is 5.18 Å². The highest BCUT2D eigenvalue weighted by Crippen LogP contribution is 2.36. The second kappa shape index (κ2) is 8.58. The van der Waals surface area contributed by atoms with Crippen LogP contribution in [0.3, 0.4) is 0 Å². The summed E-state index contributed by atoms with van der Waals surface area (Å²) in [5.41, 5.74) is 5.66. The maximum absolute atomic E-state index is 11.6. The van der Waals surface area contributed by atoms with Gasteiger partial charge in [-0.05, 0) is 54.3 Å². The smallest absolute Gasteiger partial charge is 0.118 e. The van der Waals surface area contributed by atoms with Crippen LogP contribution in [0, 0.1) is 11.8 Å². The molecule has 0 aliphatic rings. The minimum Gasteiger partial charge on any atom is -0.378 e. The Morgan fingerprint density at radius 1 is 0.852 bits per heavy atom. The van der Waals surface area contributed by atoms with E-state index in [-0.39, 0.29) is 5.92 Å². The number of hydrogen-bond acceptors (Lipinski definition) is 4. The number of nitroso groups, excluding NO2 is 1. The normalized spacial score (nSPS) is 13.0. The van der Waals surface area contributed by atoms with Crippen LogP contribution < -0.4 is 4.90 Å². The van der Waals surface area contributed by atoms with Gasteiger partial charge in [0.15, 0.2) is 0 Å². The standard InChI is InChI=1S/C23H25N3O/c1-17-4-6-18(7-5-17)22(19-8-10-21(11-9-19)26(2)3)16-23(25-27)20-12-14-24-15-13-20/h4-15,22-23H,16H2,1-3H3/t22-,23?/m0/s1. The number of benzene rings is 2. The molecule has 4 nitrogen and oxygen atoms in total. The molecule has 4 heteroatoms. The zero-order chi connectivity index (χ0) is 19.2. The van der Waals surface area contributed by atoms with Gasteiger partial charge < -0.3 is 4.90 Å². The van der Waals surface area contributed by atoms with E-state index in [1.54, 1.807) is 12.4 Å². The van der Waals surface area contributed by atoms with Gasteiger partial charge in [-0.3, -0.25) is 4.98 Å². The summed E-state index contributed by atoms with van der Waals surface area (Å²) in [5, 5.41) is 3.43. The van der Waals surface area contributed by atoms with Gasteiger partial charge in [-0.1, -0.05) is 47.1 Å². The molecule has 27 heavy (non-hydrogen) atoms. The minimum atomic E-state index is -0.409. The zero-order valence-electron chi connectivity index (χ0n) is 16.0. The van der Waals surface area contributed by atoms with Crippen LogP contribution in [0.25, 0.3) is 0 Å². The maximum atomic E-state index is 11.6. The topological polar surface area (TPSA) is 45.6 Å². The van der Waals surface area contributed by atoms with Gasteiger partial charge in [-0.25, -0.2) is 0 Å². The van der Waals surface area contributed by atoms with E-state index in [1.165, 1.54) is 16.7 Å². The summed E-state index contributed by atoms with van der Waals surface area (Å²) >= 11 is 0. The second-order valence-electron chi connectivity index (χ2n) is 7.09. The van der Waals surface area contributed by atoms with Crippen LogP contribution >= 0.6 is 0 Å². The lowest BCUT2D eigenvalue weighted by atomic mass is 9.84. The van der Waals surface area contributed by atoms with Crippen LogP contribution in [0.2, 0.25) is 0 Å². The van der Waals surface area contributed by atoms with Gasteiger partial charge in [-0.2, -0.15) is 4.91 Å². The third kappa shape index (κ3) is 4.59. The van der Waals surface area contributed by atoms with E-state index in [9.17, 15) is 4.91 Å². The number of nitrogens with zero attached hydrogens (tertiary/aromatic N) is 3. The van der Waals surface area contributed by atoms with E-state index in [4.69, 9.17) is 0 Å². The summed E-state index contributed by atoms with van der Waals surface area (Å²) in [6.45, 7) is 2.08. The van der Waals surface area contributed by atoms with Crippen molar-refractivity contribution in [3.8, 4) is 0 Å². The molecule has 0 aliphatic heterocycles. The molecule has 0 radical (unpaired) electrons. The molecule has 2 aromatic carbocycles. The number of pyridine rings is 1. The average molecular weight is 359 g/mol. The van der Waals surface area contributed by atoms with Gasteiger partial charge >= 0.3 is 0 Å². The second-order valence-corrected chi connectivity index (χ2v) is 7.09. The van der Waals surface area contributed by atoms with Crippen LogP contribution in [0.4, 0.5) is 5.69 Å². The molecule has 0 bridgehead atoms. The molecule has 0 aliphatic carbocycles. The van der Waals surface area contributed by atoms with E-state index in [0.717, 1.165) is 11.3 Å². The first kappa shape index (κ1) is 18.8. The summed E-state index contributed by atoms with van der Waals surface area (Å²) in [6, 6.07) is 20.4. The maximum Gasteiger partial charge on any atom is 0.118 e. The third-order valence-electron chi connectivity index (χ3n) is 4.97. The molecule has 3 aromatic rings. The fraction of sp³-hybridized carbons (Fsp3) is 0.261. The fourth-order valence-corrected chi connectivity index (χ4v) is 3.32. The molecule has 0 fully saturated rings. The Kier molecular flexibility index (Phi) is 5.97. The first-order valence-electron chi connectivity index (χ1n) is 9.14. The molecular weight excluding hydrogens is 334 g/mol. The van der Waals surface area contributed by atoms with Gasteiger partial charge in [0.05, 0.1) is 0 Å². The average Bonchev–Trinajstić information content (AvgIpc) is 2.71.